The van der Waals surface area contributed by atoms with Gasteiger partial charge in [-0.15, -0.1) is 0 Å². The van der Waals surface area contributed by atoms with Crippen molar-refractivity contribution in [3.8, 4) is 11.8 Å². The first kappa shape index (κ1) is 28.4. The van der Waals surface area contributed by atoms with Crippen molar-refractivity contribution in [3.63, 3.8) is 0 Å². The van der Waals surface area contributed by atoms with Crippen molar-refractivity contribution in [1.82, 2.24) is 20.8 Å². The third kappa shape index (κ3) is 8.74. The second kappa shape index (κ2) is 13.9. The van der Waals surface area contributed by atoms with Gasteiger partial charge in [0, 0.05) is 34.8 Å². The van der Waals surface area contributed by atoms with Crippen LogP contribution in [0.4, 0.5) is 11.5 Å². The molecule has 3 rings (SSSR count). The van der Waals surface area contributed by atoms with Crippen molar-refractivity contribution in [3.05, 3.63) is 83.8 Å². The molecule has 0 aliphatic heterocycles. The minimum atomic E-state index is -1.30. The van der Waals surface area contributed by atoms with E-state index in [-0.39, 0.29) is 25.4 Å². The van der Waals surface area contributed by atoms with Crippen LogP contribution >= 0.6 is 0 Å². The average molecular weight is 505 g/mol. The maximum Gasteiger partial charge on any atom is 0.268 e. The van der Waals surface area contributed by atoms with Crippen molar-refractivity contribution in [1.29, 1.82) is 0 Å². The Morgan fingerprint density at radius 2 is 1.59 bits per heavy atom. The first-order valence-electron chi connectivity index (χ1n) is 10.8. The number of aliphatic hydroxyl groups excluding tert-OH is 1. The topological polar surface area (TPSA) is 166 Å². The number of amides is 3. The molecular formula is C26H28N6O5. The molecule has 11 nitrogen and oxygen atoms in total. The van der Waals surface area contributed by atoms with Crippen LogP contribution in [-0.2, 0) is 9.59 Å². The van der Waals surface area contributed by atoms with E-state index in [1.165, 1.54) is 36.9 Å². The number of rotatable bonds is 8. The summed E-state index contributed by atoms with van der Waals surface area (Å²) in [5, 5.41) is 26.4. The van der Waals surface area contributed by atoms with Gasteiger partial charge in [0.25, 0.3) is 11.8 Å². The van der Waals surface area contributed by atoms with Crippen LogP contribution in [0.5, 0.6) is 0 Å². The quantitative estimate of drug-likeness (QED) is 0.153. The fraction of sp³-hybridized carbons (Fsp3) is 0.192. The highest BCUT2D eigenvalue weighted by molar-refractivity contribution is 5.97. The summed E-state index contributed by atoms with van der Waals surface area (Å²) >= 11 is 0. The van der Waals surface area contributed by atoms with E-state index in [9.17, 15) is 19.5 Å². The van der Waals surface area contributed by atoms with Gasteiger partial charge in [-0.25, -0.2) is 10.5 Å². The van der Waals surface area contributed by atoms with E-state index in [0.29, 0.717) is 17.1 Å². The van der Waals surface area contributed by atoms with E-state index in [1.54, 1.807) is 42.6 Å². The maximum atomic E-state index is 12.3. The number of aliphatic hydroxyl groups is 1. The molecule has 0 fully saturated rings. The molecule has 11 heteroatoms. The molecule has 192 valence electrons. The predicted octanol–water partition coefficient (Wildman–Crippen LogP) is 1.55. The Morgan fingerprint density at radius 1 is 0.973 bits per heavy atom. The zero-order valence-electron chi connectivity index (χ0n) is 19.2. The van der Waals surface area contributed by atoms with Crippen LogP contribution in [0.2, 0.25) is 0 Å². The standard InChI is InChI=1S/C25H24N6O5.CH4/c1-16(32)23(25(35)31-36)30-24(34)19-8-4-17(5-9-19)2-3-18-6-10-20(11-7-18)29-22(33)15-28-21-14-26-12-13-27-21;/h4-14,16,23,32,36H,15H2,1H3,(H,27,28)(H,29,33)(H,30,34)(H,31,35);1H4/t16-,23+;/m1./s1. The number of carbonyl (C=O) groups excluding carboxylic acids is 3. The highest BCUT2D eigenvalue weighted by Gasteiger charge is 2.25. The van der Waals surface area contributed by atoms with E-state index in [1.807, 2.05) is 0 Å². The highest BCUT2D eigenvalue weighted by atomic mass is 16.5. The van der Waals surface area contributed by atoms with Gasteiger partial charge in [-0.1, -0.05) is 19.3 Å². The minimum Gasteiger partial charge on any atom is -0.391 e. The largest absolute Gasteiger partial charge is 0.391 e. The molecule has 1 heterocycles. The summed E-state index contributed by atoms with van der Waals surface area (Å²) in [7, 11) is 0. The Labute approximate surface area is 214 Å². The van der Waals surface area contributed by atoms with Crippen molar-refractivity contribution >= 4 is 29.2 Å². The second-order valence-electron chi connectivity index (χ2n) is 7.56. The molecule has 2 aromatic carbocycles. The number of nitrogens with one attached hydrogen (secondary N) is 4. The molecule has 0 aliphatic rings. The Morgan fingerprint density at radius 3 is 2.14 bits per heavy atom. The Balaban J connectivity index is 0.00000481. The fourth-order valence-electron chi connectivity index (χ4n) is 2.95. The normalized spacial score (nSPS) is 11.4. The molecular weight excluding hydrogens is 476 g/mol. The lowest BCUT2D eigenvalue weighted by molar-refractivity contribution is -0.133. The lowest BCUT2D eigenvalue weighted by Crippen LogP contribution is -2.51. The maximum absolute atomic E-state index is 12.3. The van der Waals surface area contributed by atoms with Crippen LogP contribution in [0.3, 0.4) is 0 Å². The highest BCUT2D eigenvalue weighted by Crippen LogP contribution is 2.10. The summed E-state index contributed by atoms with van der Waals surface area (Å²) in [5.74, 6) is 4.74. The van der Waals surface area contributed by atoms with E-state index in [4.69, 9.17) is 5.21 Å². The van der Waals surface area contributed by atoms with Gasteiger partial charge in [-0.2, -0.15) is 0 Å². The SMILES string of the molecule is C.C[C@@H](O)[C@H](NC(=O)c1ccc(C#Cc2ccc(NC(=O)CNc3cnccn3)cc2)cc1)C(=O)NO. The third-order valence-corrected chi connectivity index (χ3v) is 4.82. The molecule has 0 saturated carbocycles. The van der Waals surface area contributed by atoms with Crippen molar-refractivity contribution in [2.75, 3.05) is 17.2 Å². The van der Waals surface area contributed by atoms with Gasteiger partial charge in [0.1, 0.15) is 11.9 Å². The number of anilines is 2. The number of hydroxylamine groups is 1. The summed E-state index contributed by atoms with van der Waals surface area (Å²) in [6, 6.07) is 12.0. The Hall–Kier alpha value is -4.79. The van der Waals surface area contributed by atoms with Crippen molar-refractivity contribution < 1.29 is 24.7 Å². The fourth-order valence-corrected chi connectivity index (χ4v) is 2.95. The molecule has 3 aromatic rings. The Bertz CT molecular complexity index is 1250. The van der Waals surface area contributed by atoms with Crippen LogP contribution in [0, 0.1) is 11.8 Å². The van der Waals surface area contributed by atoms with Crippen LogP contribution in [0.25, 0.3) is 0 Å². The molecule has 6 N–H and O–H groups in total. The third-order valence-electron chi connectivity index (χ3n) is 4.82. The monoisotopic (exact) mass is 504 g/mol. The molecule has 37 heavy (non-hydrogen) atoms. The number of aromatic nitrogens is 2. The summed E-state index contributed by atoms with van der Waals surface area (Å²) in [6.07, 6.45) is 3.39. The van der Waals surface area contributed by atoms with Crippen molar-refractivity contribution in [2.45, 2.75) is 26.5 Å². The van der Waals surface area contributed by atoms with Gasteiger partial charge in [-0.05, 0) is 55.5 Å². The van der Waals surface area contributed by atoms with E-state index in [2.05, 4.69) is 37.8 Å². The number of nitrogens with zero attached hydrogens (tertiary/aromatic N) is 2. The molecule has 0 bridgehead atoms. The van der Waals surface area contributed by atoms with Crippen LogP contribution in [0.15, 0.2) is 67.1 Å². The van der Waals surface area contributed by atoms with Crippen LogP contribution in [0.1, 0.15) is 35.8 Å². The lowest BCUT2D eigenvalue weighted by atomic mass is 10.1. The molecule has 1 aromatic heterocycles. The van der Waals surface area contributed by atoms with Gasteiger partial charge >= 0.3 is 0 Å². The summed E-state index contributed by atoms with van der Waals surface area (Å²) in [5.41, 5.74) is 3.66. The van der Waals surface area contributed by atoms with E-state index in [0.717, 1.165) is 5.56 Å². The number of hydrogen-bond donors (Lipinski definition) is 6. The van der Waals surface area contributed by atoms with Crippen molar-refractivity contribution in [2.24, 2.45) is 0 Å². The van der Waals surface area contributed by atoms with Crippen LogP contribution < -0.4 is 21.4 Å². The molecule has 0 spiro atoms. The molecule has 0 saturated heterocycles. The average Bonchev–Trinajstić information content (AvgIpc) is 2.90. The number of benzene rings is 2. The first-order valence-corrected chi connectivity index (χ1v) is 10.8. The summed E-state index contributed by atoms with van der Waals surface area (Å²) < 4.78 is 0. The predicted molar refractivity (Wildman–Crippen MR) is 138 cm³/mol. The summed E-state index contributed by atoms with van der Waals surface area (Å²) in [6.45, 7) is 1.36. The zero-order chi connectivity index (χ0) is 25.9. The van der Waals surface area contributed by atoms with Gasteiger partial charge in [0.15, 0.2) is 0 Å². The first-order chi connectivity index (χ1) is 17.4. The molecule has 2 atom stereocenters. The van der Waals surface area contributed by atoms with Gasteiger partial charge < -0.3 is 21.1 Å². The smallest absolute Gasteiger partial charge is 0.268 e. The van der Waals surface area contributed by atoms with Gasteiger partial charge in [-0.3, -0.25) is 24.6 Å². The second-order valence-corrected chi connectivity index (χ2v) is 7.56. The summed E-state index contributed by atoms with van der Waals surface area (Å²) in [4.78, 5) is 43.9. The van der Waals surface area contributed by atoms with Gasteiger partial charge in [0.05, 0.1) is 18.8 Å². The molecule has 0 unspecified atom stereocenters. The molecule has 0 aliphatic carbocycles. The van der Waals surface area contributed by atoms with E-state index < -0.39 is 24.0 Å². The van der Waals surface area contributed by atoms with E-state index >= 15 is 0 Å². The minimum absolute atomic E-state index is 0. The molecule has 3 amide bonds. The van der Waals surface area contributed by atoms with Crippen LogP contribution in [-0.4, -0.2) is 56.7 Å². The number of carbonyl (C=O) groups is 3. The number of hydrogen-bond acceptors (Lipinski definition) is 8. The lowest BCUT2D eigenvalue weighted by Gasteiger charge is -2.19. The zero-order valence-corrected chi connectivity index (χ0v) is 19.2. The molecule has 0 radical (unpaired) electrons. The van der Waals surface area contributed by atoms with Gasteiger partial charge in [0.2, 0.25) is 5.91 Å². The Kier molecular flexibility index (Phi) is 10.7.